The topological polar surface area (TPSA) is 32.3 Å². The molecule has 2 nitrogen and oxygen atoms in total. The van der Waals surface area contributed by atoms with Crippen LogP contribution >= 0.6 is 0 Å². The van der Waals surface area contributed by atoms with Crippen LogP contribution in [0.2, 0.25) is 0 Å². The smallest absolute Gasteiger partial charge is 0.109 e. The van der Waals surface area contributed by atoms with Crippen LogP contribution < -0.4 is 5.32 Å². The molecule has 4 rings (SSSR count). The summed E-state index contributed by atoms with van der Waals surface area (Å²) in [5.74, 6) is -0.146. The Bertz CT molecular complexity index is 1200. The van der Waals surface area contributed by atoms with Gasteiger partial charge in [-0.15, -0.1) is 0 Å². The average molecular weight is 458 g/mol. The zero-order chi connectivity index (χ0) is 24.9. The Hall–Kier alpha value is -2.91. The van der Waals surface area contributed by atoms with Gasteiger partial charge in [0.15, 0.2) is 0 Å². The van der Waals surface area contributed by atoms with E-state index in [4.69, 9.17) is 0 Å². The molecule has 3 unspecified atom stereocenters. The third-order valence-electron chi connectivity index (χ3n) is 7.54. The number of halogens is 1. The summed E-state index contributed by atoms with van der Waals surface area (Å²) >= 11 is 0. The molecule has 1 aliphatic carbocycles. The number of rotatable bonds is 7. The van der Waals surface area contributed by atoms with Gasteiger partial charge in [0.1, 0.15) is 5.67 Å². The van der Waals surface area contributed by atoms with E-state index in [0.717, 1.165) is 22.5 Å². The Balaban J connectivity index is 1.54. The van der Waals surface area contributed by atoms with Crippen LogP contribution in [0.15, 0.2) is 79.0 Å². The van der Waals surface area contributed by atoms with Crippen molar-refractivity contribution in [2.75, 3.05) is 5.32 Å². The SMILES string of the molecule is C=C(Nc1ccc(C)c(-c2ccc(C)cc2)c1)C1C(C)(O)C1(C)c1ccc(CC(C)(C)F)cc1. The normalized spacial score (nSPS) is 24.1. The fraction of sp³-hybridized carbons (Fsp3) is 0.355. The minimum Gasteiger partial charge on any atom is -0.388 e. The Morgan fingerprint density at radius 3 is 2.21 bits per heavy atom. The molecule has 178 valence electrons. The fourth-order valence-electron chi connectivity index (χ4n) is 5.38. The van der Waals surface area contributed by atoms with Crippen LogP contribution in [-0.2, 0) is 11.8 Å². The summed E-state index contributed by atoms with van der Waals surface area (Å²) < 4.78 is 14.0. The van der Waals surface area contributed by atoms with E-state index in [9.17, 15) is 9.50 Å². The molecular formula is C31H36FNO. The second-order valence-electron chi connectivity index (χ2n) is 10.9. The summed E-state index contributed by atoms with van der Waals surface area (Å²) in [6.45, 7) is 15.6. The maximum Gasteiger partial charge on any atom is 0.109 e. The highest BCUT2D eigenvalue weighted by molar-refractivity contribution is 5.72. The van der Waals surface area contributed by atoms with Gasteiger partial charge in [-0.2, -0.15) is 0 Å². The van der Waals surface area contributed by atoms with Crippen molar-refractivity contribution in [3.8, 4) is 11.1 Å². The first-order chi connectivity index (χ1) is 15.8. The van der Waals surface area contributed by atoms with Crippen molar-refractivity contribution < 1.29 is 9.50 Å². The van der Waals surface area contributed by atoms with E-state index in [1.165, 1.54) is 22.3 Å². The zero-order valence-corrected chi connectivity index (χ0v) is 21.2. The lowest BCUT2D eigenvalue weighted by molar-refractivity contribution is 0.137. The molecule has 0 radical (unpaired) electrons. The van der Waals surface area contributed by atoms with E-state index >= 15 is 0 Å². The maximum absolute atomic E-state index is 14.0. The predicted molar refractivity (Wildman–Crippen MR) is 141 cm³/mol. The largest absolute Gasteiger partial charge is 0.388 e. The second kappa shape index (κ2) is 8.39. The van der Waals surface area contributed by atoms with Crippen LogP contribution in [0.5, 0.6) is 0 Å². The molecule has 2 N–H and O–H groups in total. The molecule has 0 heterocycles. The summed E-state index contributed by atoms with van der Waals surface area (Å²) in [6.07, 6.45) is 0.370. The summed E-state index contributed by atoms with van der Waals surface area (Å²) in [5.41, 5.74) is 5.90. The number of alkyl halides is 1. The Labute approximate surface area is 203 Å². The van der Waals surface area contributed by atoms with Gasteiger partial charge < -0.3 is 10.4 Å². The van der Waals surface area contributed by atoms with E-state index in [1.807, 2.05) is 31.2 Å². The standard InChI is InChI=1S/C31H36FNO/c1-20-8-13-24(14-9-20)27-18-26(17-10-21(27)2)33-22(3)28-30(6,31(28,7)34)25-15-11-23(12-16-25)19-29(4,5)32/h8-18,28,33-34H,3,19H2,1-2,4-7H3. The second-order valence-corrected chi connectivity index (χ2v) is 10.9. The van der Waals surface area contributed by atoms with Crippen molar-refractivity contribution in [2.24, 2.45) is 5.92 Å². The molecule has 3 aromatic rings. The molecule has 0 aromatic heterocycles. The van der Waals surface area contributed by atoms with Gasteiger partial charge in [0, 0.05) is 29.1 Å². The first kappa shape index (κ1) is 24.2. The Morgan fingerprint density at radius 2 is 1.62 bits per heavy atom. The third kappa shape index (κ3) is 4.42. The highest BCUT2D eigenvalue weighted by Crippen LogP contribution is 2.65. The van der Waals surface area contributed by atoms with Crippen LogP contribution in [0.4, 0.5) is 10.1 Å². The van der Waals surface area contributed by atoms with Crippen molar-refractivity contribution >= 4 is 5.69 Å². The van der Waals surface area contributed by atoms with Gasteiger partial charge in [0.2, 0.25) is 0 Å². The van der Waals surface area contributed by atoms with Gasteiger partial charge in [-0.25, -0.2) is 4.39 Å². The number of hydrogen-bond acceptors (Lipinski definition) is 2. The van der Waals surface area contributed by atoms with Gasteiger partial charge >= 0.3 is 0 Å². The van der Waals surface area contributed by atoms with Crippen LogP contribution in [0.3, 0.4) is 0 Å². The Kier molecular flexibility index (Phi) is 5.98. The molecule has 0 amide bonds. The van der Waals surface area contributed by atoms with Crippen molar-refractivity contribution in [2.45, 2.75) is 64.6 Å². The van der Waals surface area contributed by atoms with Crippen LogP contribution in [0, 0.1) is 19.8 Å². The molecule has 0 bridgehead atoms. The van der Waals surface area contributed by atoms with Gasteiger partial charge in [-0.05, 0) is 74.6 Å². The quantitative estimate of drug-likeness (QED) is 0.384. The molecular weight excluding hydrogens is 421 g/mol. The summed E-state index contributed by atoms with van der Waals surface area (Å²) in [5, 5.41) is 14.8. The minimum absolute atomic E-state index is 0.146. The number of anilines is 1. The summed E-state index contributed by atoms with van der Waals surface area (Å²) in [4.78, 5) is 0. The van der Waals surface area contributed by atoms with Crippen molar-refractivity contribution in [1.82, 2.24) is 0 Å². The van der Waals surface area contributed by atoms with E-state index in [1.54, 1.807) is 13.8 Å². The molecule has 1 saturated carbocycles. The maximum atomic E-state index is 14.0. The summed E-state index contributed by atoms with van der Waals surface area (Å²) in [6, 6.07) is 22.8. The highest BCUT2D eigenvalue weighted by Gasteiger charge is 2.72. The number of aryl methyl sites for hydroxylation is 2. The first-order valence-corrected chi connectivity index (χ1v) is 12.0. The Morgan fingerprint density at radius 1 is 1.00 bits per heavy atom. The van der Waals surface area contributed by atoms with E-state index < -0.39 is 16.7 Å². The lowest BCUT2D eigenvalue weighted by Gasteiger charge is -2.18. The highest BCUT2D eigenvalue weighted by atomic mass is 19.1. The minimum atomic E-state index is -1.25. The molecule has 1 aliphatic rings. The van der Waals surface area contributed by atoms with Crippen molar-refractivity contribution in [3.05, 3.63) is 101 Å². The lowest BCUT2D eigenvalue weighted by Crippen LogP contribution is -2.18. The molecule has 0 spiro atoms. The predicted octanol–water partition coefficient (Wildman–Crippen LogP) is 7.53. The molecule has 0 saturated heterocycles. The third-order valence-corrected chi connectivity index (χ3v) is 7.54. The fourth-order valence-corrected chi connectivity index (χ4v) is 5.38. The van der Waals surface area contributed by atoms with Crippen molar-refractivity contribution in [3.63, 3.8) is 0 Å². The van der Waals surface area contributed by atoms with E-state index in [-0.39, 0.29) is 5.92 Å². The monoisotopic (exact) mass is 457 g/mol. The van der Waals surface area contributed by atoms with E-state index in [2.05, 4.69) is 75.1 Å². The first-order valence-electron chi connectivity index (χ1n) is 12.0. The van der Waals surface area contributed by atoms with Gasteiger partial charge in [-0.1, -0.05) is 73.7 Å². The molecule has 3 aromatic carbocycles. The molecule has 0 aliphatic heterocycles. The number of benzene rings is 3. The molecule has 1 fully saturated rings. The van der Waals surface area contributed by atoms with Gasteiger partial charge in [-0.3, -0.25) is 0 Å². The van der Waals surface area contributed by atoms with E-state index in [0.29, 0.717) is 6.42 Å². The van der Waals surface area contributed by atoms with Crippen LogP contribution in [-0.4, -0.2) is 16.4 Å². The van der Waals surface area contributed by atoms with Gasteiger partial charge in [0.05, 0.1) is 5.60 Å². The number of nitrogens with one attached hydrogen (secondary N) is 1. The number of aliphatic hydroxyl groups is 1. The van der Waals surface area contributed by atoms with Crippen molar-refractivity contribution in [1.29, 1.82) is 0 Å². The molecule has 34 heavy (non-hydrogen) atoms. The number of hydrogen-bond donors (Lipinski definition) is 2. The van der Waals surface area contributed by atoms with Crippen LogP contribution in [0.25, 0.3) is 11.1 Å². The summed E-state index contributed by atoms with van der Waals surface area (Å²) in [7, 11) is 0. The van der Waals surface area contributed by atoms with Crippen LogP contribution in [0.1, 0.15) is 49.9 Å². The average Bonchev–Trinajstić information content (AvgIpc) is 3.22. The zero-order valence-electron chi connectivity index (χ0n) is 21.2. The molecule has 3 atom stereocenters. The van der Waals surface area contributed by atoms with Gasteiger partial charge in [0.25, 0.3) is 0 Å². The molecule has 3 heteroatoms. The lowest BCUT2D eigenvalue weighted by atomic mass is 9.90.